The van der Waals surface area contributed by atoms with E-state index >= 15 is 0 Å². The van der Waals surface area contributed by atoms with Gasteiger partial charge in [-0.2, -0.15) is 0 Å². The Balaban J connectivity index is 2.19. The average molecular weight is 206 g/mol. The molecule has 2 rings (SSSR count). The van der Waals surface area contributed by atoms with E-state index in [2.05, 4.69) is 18.8 Å². The predicted molar refractivity (Wildman–Crippen MR) is 58.8 cm³/mol. The maximum Gasteiger partial charge on any atom is 0.168 e. The second-order valence-corrected chi connectivity index (χ2v) is 4.91. The number of aldehydes is 1. The van der Waals surface area contributed by atoms with Gasteiger partial charge in [-0.3, -0.25) is 4.79 Å². The largest absolute Gasteiger partial charge is 0.325 e. The Morgan fingerprint density at radius 2 is 2.00 bits per heavy atom. The topological polar surface area (TPSA) is 34.9 Å². The van der Waals surface area contributed by atoms with Crippen LogP contribution in [-0.2, 0) is 0 Å². The first-order valence-electron chi connectivity index (χ1n) is 5.67. The zero-order chi connectivity index (χ0) is 10.8. The van der Waals surface area contributed by atoms with Crippen LogP contribution in [0, 0.1) is 11.8 Å². The molecule has 1 aliphatic carbocycles. The zero-order valence-electron chi connectivity index (χ0n) is 9.39. The summed E-state index contributed by atoms with van der Waals surface area (Å²) in [4.78, 5) is 14.9. The van der Waals surface area contributed by atoms with E-state index in [0.29, 0.717) is 11.7 Å². The minimum absolute atomic E-state index is 0.464. The summed E-state index contributed by atoms with van der Waals surface area (Å²) in [7, 11) is 0. The number of carbonyl (C=O) groups is 1. The molecule has 1 aromatic rings. The second kappa shape index (κ2) is 4.17. The average Bonchev–Trinajstić information content (AvgIpc) is 2.63. The van der Waals surface area contributed by atoms with E-state index in [-0.39, 0.29) is 0 Å². The zero-order valence-corrected chi connectivity index (χ0v) is 9.39. The second-order valence-electron chi connectivity index (χ2n) is 4.91. The fourth-order valence-corrected chi connectivity index (χ4v) is 2.84. The molecule has 0 spiro atoms. The van der Waals surface area contributed by atoms with E-state index in [4.69, 9.17) is 0 Å². The van der Waals surface area contributed by atoms with Gasteiger partial charge in [-0.1, -0.05) is 13.8 Å². The highest BCUT2D eigenvalue weighted by Gasteiger charge is 2.25. The molecule has 1 aromatic heterocycles. The SMILES string of the molecule is CC1CC(C)CC(n2cncc2C=O)C1. The van der Waals surface area contributed by atoms with Gasteiger partial charge in [0.25, 0.3) is 0 Å². The number of carbonyl (C=O) groups excluding carboxylic acids is 1. The summed E-state index contributed by atoms with van der Waals surface area (Å²) in [6.45, 7) is 4.58. The van der Waals surface area contributed by atoms with Crippen LogP contribution in [-0.4, -0.2) is 15.8 Å². The molecule has 0 amide bonds. The highest BCUT2D eigenvalue weighted by Crippen LogP contribution is 2.36. The van der Waals surface area contributed by atoms with E-state index in [1.165, 1.54) is 19.3 Å². The van der Waals surface area contributed by atoms with Crippen LogP contribution in [0.5, 0.6) is 0 Å². The lowest BCUT2D eigenvalue weighted by Crippen LogP contribution is -2.23. The summed E-state index contributed by atoms with van der Waals surface area (Å²) in [5, 5.41) is 0. The summed E-state index contributed by atoms with van der Waals surface area (Å²) in [6, 6.07) is 0.464. The number of aromatic nitrogens is 2. The molecule has 1 fully saturated rings. The molecule has 2 atom stereocenters. The van der Waals surface area contributed by atoms with Crippen LogP contribution in [0.1, 0.15) is 49.6 Å². The standard InChI is InChI=1S/C12H18N2O/c1-9-3-10(2)5-11(4-9)14-8-13-6-12(14)7-15/h6-11H,3-5H2,1-2H3. The highest BCUT2D eigenvalue weighted by atomic mass is 16.1. The first-order valence-corrected chi connectivity index (χ1v) is 5.67. The van der Waals surface area contributed by atoms with Gasteiger partial charge in [-0.05, 0) is 31.1 Å². The fraction of sp³-hybridized carbons (Fsp3) is 0.667. The van der Waals surface area contributed by atoms with Crippen molar-refractivity contribution in [3.63, 3.8) is 0 Å². The number of hydrogen-bond acceptors (Lipinski definition) is 2. The lowest BCUT2D eigenvalue weighted by atomic mass is 9.80. The minimum atomic E-state index is 0.464. The monoisotopic (exact) mass is 206 g/mol. The van der Waals surface area contributed by atoms with Crippen molar-refractivity contribution in [3.8, 4) is 0 Å². The Bertz CT molecular complexity index is 335. The van der Waals surface area contributed by atoms with E-state index in [1.807, 2.05) is 4.57 Å². The predicted octanol–water partition coefficient (Wildman–Crippen LogP) is 2.69. The van der Waals surface area contributed by atoms with Gasteiger partial charge >= 0.3 is 0 Å². The molecule has 1 heterocycles. The molecule has 82 valence electrons. The molecule has 3 heteroatoms. The lowest BCUT2D eigenvalue weighted by Gasteiger charge is -2.32. The maximum absolute atomic E-state index is 10.8. The summed E-state index contributed by atoms with van der Waals surface area (Å²) < 4.78 is 2.04. The molecule has 0 N–H and O–H groups in total. The van der Waals surface area contributed by atoms with Crippen molar-refractivity contribution in [1.29, 1.82) is 0 Å². The molecule has 0 bridgehead atoms. The number of rotatable bonds is 2. The van der Waals surface area contributed by atoms with Crippen LogP contribution >= 0.6 is 0 Å². The molecule has 0 saturated heterocycles. The van der Waals surface area contributed by atoms with Crippen molar-refractivity contribution < 1.29 is 4.79 Å². The number of nitrogens with zero attached hydrogens (tertiary/aromatic N) is 2. The molecule has 3 nitrogen and oxygen atoms in total. The Kier molecular flexibility index (Phi) is 2.89. The van der Waals surface area contributed by atoms with Crippen LogP contribution in [0.3, 0.4) is 0 Å². The Hall–Kier alpha value is -1.12. The fourth-order valence-electron chi connectivity index (χ4n) is 2.84. The van der Waals surface area contributed by atoms with Crippen molar-refractivity contribution in [2.24, 2.45) is 11.8 Å². The van der Waals surface area contributed by atoms with Gasteiger partial charge in [0.05, 0.1) is 12.5 Å². The molecule has 0 aromatic carbocycles. The Labute approximate surface area is 90.5 Å². The molecule has 0 radical (unpaired) electrons. The van der Waals surface area contributed by atoms with Gasteiger partial charge in [0, 0.05) is 6.04 Å². The lowest BCUT2D eigenvalue weighted by molar-refractivity contribution is 0.110. The molecule has 0 aliphatic heterocycles. The van der Waals surface area contributed by atoms with Crippen LogP contribution in [0.15, 0.2) is 12.5 Å². The number of hydrogen-bond donors (Lipinski definition) is 0. The number of imidazole rings is 1. The van der Waals surface area contributed by atoms with Crippen LogP contribution in [0.4, 0.5) is 0 Å². The van der Waals surface area contributed by atoms with Crippen LogP contribution in [0.2, 0.25) is 0 Å². The van der Waals surface area contributed by atoms with E-state index < -0.39 is 0 Å². The smallest absolute Gasteiger partial charge is 0.168 e. The minimum Gasteiger partial charge on any atom is -0.325 e. The summed E-state index contributed by atoms with van der Waals surface area (Å²) in [5.74, 6) is 1.50. The van der Waals surface area contributed by atoms with Crippen LogP contribution < -0.4 is 0 Å². The quantitative estimate of drug-likeness (QED) is 0.697. The van der Waals surface area contributed by atoms with Gasteiger partial charge in [0.2, 0.25) is 0 Å². The first kappa shape index (κ1) is 10.4. The first-order chi connectivity index (χ1) is 7.20. The van der Waals surface area contributed by atoms with E-state index in [9.17, 15) is 4.79 Å². The third-order valence-electron chi connectivity index (χ3n) is 3.36. The van der Waals surface area contributed by atoms with E-state index in [1.54, 1.807) is 12.5 Å². The highest BCUT2D eigenvalue weighted by molar-refractivity contribution is 5.71. The third-order valence-corrected chi connectivity index (χ3v) is 3.36. The van der Waals surface area contributed by atoms with Gasteiger partial charge in [-0.25, -0.2) is 4.98 Å². The van der Waals surface area contributed by atoms with E-state index in [0.717, 1.165) is 18.1 Å². The van der Waals surface area contributed by atoms with Crippen molar-refractivity contribution in [3.05, 3.63) is 18.2 Å². The molecular weight excluding hydrogens is 188 g/mol. The molecular formula is C12H18N2O. The summed E-state index contributed by atoms with van der Waals surface area (Å²) >= 11 is 0. The normalized spacial score (nSPS) is 31.5. The molecule has 15 heavy (non-hydrogen) atoms. The molecule has 2 unspecified atom stereocenters. The maximum atomic E-state index is 10.8. The van der Waals surface area contributed by atoms with Gasteiger partial charge in [-0.15, -0.1) is 0 Å². The molecule has 1 aliphatic rings. The van der Waals surface area contributed by atoms with Crippen LogP contribution in [0.25, 0.3) is 0 Å². The Morgan fingerprint density at radius 1 is 1.33 bits per heavy atom. The van der Waals surface area contributed by atoms with Gasteiger partial charge < -0.3 is 4.57 Å². The summed E-state index contributed by atoms with van der Waals surface area (Å²) in [5.41, 5.74) is 0.710. The Morgan fingerprint density at radius 3 is 2.60 bits per heavy atom. The molecule has 1 saturated carbocycles. The van der Waals surface area contributed by atoms with Crippen molar-refractivity contribution in [1.82, 2.24) is 9.55 Å². The summed E-state index contributed by atoms with van der Waals surface area (Å²) in [6.07, 6.45) is 7.98. The van der Waals surface area contributed by atoms with Gasteiger partial charge in [0.15, 0.2) is 6.29 Å². The third kappa shape index (κ3) is 2.11. The van der Waals surface area contributed by atoms with Crippen molar-refractivity contribution >= 4 is 6.29 Å². The van der Waals surface area contributed by atoms with Crippen molar-refractivity contribution in [2.45, 2.75) is 39.2 Å². The van der Waals surface area contributed by atoms with Gasteiger partial charge in [0.1, 0.15) is 5.69 Å². The van der Waals surface area contributed by atoms with Crippen molar-refractivity contribution in [2.75, 3.05) is 0 Å².